The smallest absolute Gasteiger partial charge is 0.407 e. The summed E-state index contributed by atoms with van der Waals surface area (Å²) in [5.41, 5.74) is 9.02. The van der Waals surface area contributed by atoms with E-state index in [1.54, 1.807) is 26.0 Å². The predicted octanol–water partition coefficient (Wildman–Crippen LogP) is 2.52. The van der Waals surface area contributed by atoms with E-state index in [1.165, 1.54) is 6.21 Å². The van der Waals surface area contributed by atoms with Gasteiger partial charge in [-0.2, -0.15) is 5.10 Å². The predicted molar refractivity (Wildman–Crippen MR) is 130 cm³/mol. The van der Waals surface area contributed by atoms with Crippen molar-refractivity contribution in [1.82, 2.24) is 10.7 Å². The summed E-state index contributed by atoms with van der Waals surface area (Å²) in [6, 6.07) is 11.7. The Morgan fingerprint density at radius 1 is 1.12 bits per heavy atom. The van der Waals surface area contributed by atoms with Crippen molar-refractivity contribution in [3.8, 4) is 11.5 Å². The first kappa shape index (κ1) is 26.7. The Morgan fingerprint density at radius 2 is 1.85 bits per heavy atom. The van der Waals surface area contributed by atoms with E-state index in [-0.39, 0.29) is 19.6 Å². The SMILES string of the molecule is CCOC(=O)N[C@@H](Cc1ccccc1)C(=O)N/N=C\c1cc(Br)c(OCC(N)=O)c(OCC)c1. The summed E-state index contributed by atoms with van der Waals surface area (Å²) in [7, 11) is 0. The zero-order chi connectivity index (χ0) is 24.9. The van der Waals surface area contributed by atoms with Crippen LogP contribution in [0, 0.1) is 0 Å². The highest BCUT2D eigenvalue weighted by Gasteiger charge is 2.21. The van der Waals surface area contributed by atoms with Gasteiger partial charge < -0.3 is 25.3 Å². The fraction of sp³-hybridized carbons (Fsp3) is 0.304. The highest BCUT2D eigenvalue weighted by Crippen LogP contribution is 2.36. The van der Waals surface area contributed by atoms with Gasteiger partial charge in [0.05, 0.1) is 23.9 Å². The average molecular weight is 535 g/mol. The van der Waals surface area contributed by atoms with Gasteiger partial charge in [-0.05, 0) is 53.0 Å². The van der Waals surface area contributed by atoms with Crippen LogP contribution in [0.3, 0.4) is 0 Å². The van der Waals surface area contributed by atoms with Gasteiger partial charge in [0, 0.05) is 6.42 Å². The van der Waals surface area contributed by atoms with Crippen molar-refractivity contribution in [3.63, 3.8) is 0 Å². The van der Waals surface area contributed by atoms with E-state index >= 15 is 0 Å². The van der Waals surface area contributed by atoms with Crippen LogP contribution in [0.5, 0.6) is 11.5 Å². The van der Waals surface area contributed by atoms with E-state index in [2.05, 4.69) is 31.8 Å². The number of halogens is 1. The Kier molecular flexibility index (Phi) is 10.8. The molecule has 0 saturated heterocycles. The number of nitrogens with zero attached hydrogens (tertiary/aromatic N) is 1. The number of nitrogens with one attached hydrogen (secondary N) is 2. The lowest BCUT2D eigenvalue weighted by atomic mass is 10.1. The summed E-state index contributed by atoms with van der Waals surface area (Å²) in [5.74, 6) is -0.442. The normalized spacial score (nSPS) is 11.5. The van der Waals surface area contributed by atoms with Gasteiger partial charge in [0.15, 0.2) is 18.1 Å². The second-order valence-corrected chi connectivity index (χ2v) is 7.71. The second-order valence-electron chi connectivity index (χ2n) is 6.86. The van der Waals surface area contributed by atoms with Crippen molar-refractivity contribution in [3.05, 3.63) is 58.1 Å². The molecule has 2 aromatic rings. The van der Waals surface area contributed by atoms with Crippen molar-refractivity contribution in [2.75, 3.05) is 19.8 Å². The Labute approximate surface area is 206 Å². The molecule has 0 radical (unpaired) electrons. The number of carbonyl (C=O) groups excluding carboxylic acids is 3. The van der Waals surface area contributed by atoms with Crippen molar-refractivity contribution < 1.29 is 28.6 Å². The number of benzene rings is 2. The molecule has 0 aliphatic carbocycles. The Morgan fingerprint density at radius 3 is 2.50 bits per heavy atom. The molecule has 0 aromatic heterocycles. The molecule has 0 unspecified atom stereocenters. The van der Waals surface area contributed by atoms with Crippen LogP contribution in [0.2, 0.25) is 0 Å². The van der Waals surface area contributed by atoms with E-state index in [4.69, 9.17) is 19.9 Å². The van der Waals surface area contributed by atoms with Gasteiger partial charge in [0.2, 0.25) is 0 Å². The Bertz CT molecular complexity index is 1020. The number of hydrogen-bond donors (Lipinski definition) is 3. The first-order valence-corrected chi connectivity index (χ1v) is 11.3. The fourth-order valence-corrected chi connectivity index (χ4v) is 3.41. The molecule has 0 aliphatic heterocycles. The number of nitrogens with two attached hydrogens (primary N) is 1. The molecule has 2 aromatic carbocycles. The zero-order valence-corrected chi connectivity index (χ0v) is 20.5. The summed E-state index contributed by atoms with van der Waals surface area (Å²) in [4.78, 5) is 35.7. The molecule has 1 atom stereocenters. The zero-order valence-electron chi connectivity index (χ0n) is 18.9. The molecule has 0 saturated carbocycles. The van der Waals surface area contributed by atoms with Gasteiger partial charge in [0.25, 0.3) is 11.8 Å². The number of amides is 3. The molecule has 2 rings (SSSR count). The van der Waals surface area contributed by atoms with Crippen LogP contribution in [0.1, 0.15) is 25.0 Å². The summed E-state index contributed by atoms with van der Waals surface area (Å²) >= 11 is 3.37. The highest BCUT2D eigenvalue weighted by molar-refractivity contribution is 9.10. The summed E-state index contributed by atoms with van der Waals surface area (Å²) in [6.45, 7) is 3.71. The van der Waals surface area contributed by atoms with Crippen LogP contribution in [0.4, 0.5) is 4.79 Å². The van der Waals surface area contributed by atoms with Crippen molar-refractivity contribution in [1.29, 1.82) is 0 Å². The maximum Gasteiger partial charge on any atom is 0.407 e. The van der Waals surface area contributed by atoms with Gasteiger partial charge in [-0.25, -0.2) is 10.2 Å². The molecule has 0 spiro atoms. The molecule has 4 N–H and O–H groups in total. The van der Waals surface area contributed by atoms with E-state index in [9.17, 15) is 14.4 Å². The van der Waals surface area contributed by atoms with E-state index < -0.39 is 23.9 Å². The Hall–Kier alpha value is -3.60. The van der Waals surface area contributed by atoms with Crippen LogP contribution >= 0.6 is 15.9 Å². The third kappa shape index (κ3) is 8.74. The third-order valence-electron chi connectivity index (χ3n) is 4.25. The van der Waals surface area contributed by atoms with E-state index in [1.807, 2.05) is 30.3 Å². The number of rotatable bonds is 12. The molecule has 11 heteroatoms. The fourth-order valence-electron chi connectivity index (χ4n) is 2.83. The minimum Gasteiger partial charge on any atom is -0.490 e. The van der Waals surface area contributed by atoms with E-state index in [0.717, 1.165) is 5.56 Å². The quantitative estimate of drug-likeness (QED) is 0.282. The van der Waals surface area contributed by atoms with Gasteiger partial charge in [-0.3, -0.25) is 9.59 Å². The standard InChI is InChI=1S/C23H27BrN4O6/c1-3-32-19-12-16(10-17(24)21(19)34-14-20(25)29)13-26-28-22(30)18(27-23(31)33-4-2)11-15-8-6-5-7-9-15/h5-10,12-13,18H,3-4,11,14H2,1-2H3,(H2,25,29)(H,27,31)(H,28,30)/b26-13-/t18-/m0/s1. The van der Waals surface area contributed by atoms with Gasteiger partial charge >= 0.3 is 6.09 Å². The molecular formula is C23H27BrN4O6. The van der Waals surface area contributed by atoms with Crippen LogP contribution in [-0.4, -0.2) is 50.0 Å². The van der Waals surface area contributed by atoms with E-state index in [0.29, 0.717) is 28.1 Å². The largest absolute Gasteiger partial charge is 0.490 e. The summed E-state index contributed by atoms with van der Waals surface area (Å²) in [5, 5.41) is 6.55. The highest BCUT2D eigenvalue weighted by atomic mass is 79.9. The summed E-state index contributed by atoms with van der Waals surface area (Å²) in [6.07, 6.45) is 0.972. The van der Waals surface area contributed by atoms with Crippen molar-refractivity contribution in [2.45, 2.75) is 26.3 Å². The molecule has 34 heavy (non-hydrogen) atoms. The monoisotopic (exact) mass is 534 g/mol. The molecule has 0 heterocycles. The second kappa shape index (κ2) is 13.8. The maximum absolute atomic E-state index is 12.7. The average Bonchev–Trinajstić information content (AvgIpc) is 2.79. The number of primary amides is 1. The number of hydrogen-bond acceptors (Lipinski definition) is 7. The first-order valence-electron chi connectivity index (χ1n) is 10.5. The minimum absolute atomic E-state index is 0.180. The minimum atomic E-state index is -0.895. The van der Waals surface area contributed by atoms with Crippen LogP contribution in [0.25, 0.3) is 0 Å². The third-order valence-corrected chi connectivity index (χ3v) is 4.83. The molecule has 0 fully saturated rings. The lowest BCUT2D eigenvalue weighted by molar-refractivity contribution is -0.123. The molecular weight excluding hydrogens is 508 g/mol. The van der Waals surface area contributed by atoms with Crippen LogP contribution in [0.15, 0.2) is 52.0 Å². The lowest BCUT2D eigenvalue weighted by Gasteiger charge is -2.17. The van der Waals surface area contributed by atoms with Gasteiger partial charge in [-0.15, -0.1) is 0 Å². The number of carbonyl (C=O) groups is 3. The van der Waals surface area contributed by atoms with Crippen molar-refractivity contribution in [2.24, 2.45) is 10.8 Å². The van der Waals surface area contributed by atoms with Crippen LogP contribution in [-0.2, 0) is 20.7 Å². The molecule has 0 bridgehead atoms. The van der Waals surface area contributed by atoms with Crippen LogP contribution < -0.4 is 25.9 Å². The number of alkyl carbamates (subject to hydrolysis) is 1. The maximum atomic E-state index is 12.7. The topological polar surface area (TPSA) is 141 Å². The summed E-state index contributed by atoms with van der Waals surface area (Å²) < 4.78 is 16.4. The first-order chi connectivity index (χ1) is 16.3. The van der Waals surface area contributed by atoms with Gasteiger partial charge in [-0.1, -0.05) is 30.3 Å². The van der Waals surface area contributed by atoms with Crippen molar-refractivity contribution >= 4 is 40.1 Å². The molecule has 0 aliphatic rings. The van der Waals surface area contributed by atoms with Gasteiger partial charge in [0.1, 0.15) is 6.04 Å². The number of ether oxygens (including phenoxy) is 3. The Balaban J connectivity index is 2.13. The molecule has 182 valence electrons. The number of hydrazone groups is 1. The lowest BCUT2D eigenvalue weighted by Crippen LogP contribution is -2.47. The molecule has 3 amide bonds. The molecule has 10 nitrogen and oxygen atoms in total.